The number of fused-ring (bicyclic) bond motifs is 1. The number of carbonyl (C=O) groups excluding carboxylic acids is 1. The molecule has 4 heteroatoms. The van der Waals surface area contributed by atoms with Gasteiger partial charge >= 0.3 is 5.97 Å². The monoisotopic (exact) mass is 189 g/mol. The van der Waals surface area contributed by atoms with Crippen LogP contribution in [0.4, 0.5) is 5.69 Å². The summed E-state index contributed by atoms with van der Waals surface area (Å²) >= 11 is 0. The maximum Gasteiger partial charge on any atom is 0.335 e. The molecule has 14 heavy (non-hydrogen) atoms. The van der Waals surface area contributed by atoms with Crippen LogP contribution in [0.1, 0.15) is 15.9 Å². The molecule has 0 aliphatic carbocycles. The largest absolute Gasteiger partial charge is 0.478 e. The average molecular weight is 189 g/mol. The fraction of sp³-hybridized carbons (Fsp3) is 0. The minimum atomic E-state index is -1.01. The van der Waals surface area contributed by atoms with Gasteiger partial charge in [-0.3, -0.25) is 4.79 Å². The first kappa shape index (κ1) is 8.50. The van der Waals surface area contributed by atoms with E-state index in [9.17, 15) is 9.59 Å². The number of aromatic carboxylic acids is 1. The van der Waals surface area contributed by atoms with Crippen LogP contribution in [0.25, 0.3) is 5.57 Å². The smallest absolute Gasteiger partial charge is 0.335 e. The first-order valence-electron chi connectivity index (χ1n) is 3.97. The number of hydrogen-bond donors (Lipinski definition) is 2. The molecule has 0 bridgehead atoms. The number of carboxylic acid groups (broad SMARTS) is 1. The molecule has 1 aliphatic rings. The van der Waals surface area contributed by atoms with E-state index < -0.39 is 5.97 Å². The Morgan fingerprint density at radius 1 is 1.43 bits per heavy atom. The Balaban J connectivity index is 2.57. The van der Waals surface area contributed by atoms with Gasteiger partial charge in [0, 0.05) is 16.8 Å². The molecule has 4 nitrogen and oxygen atoms in total. The second-order valence-electron chi connectivity index (χ2n) is 3.00. The SMILES string of the molecule is C=C1C(=O)Nc2ccc(C(=O)O)cc21. The van der Waals surface area contributed by atoms with Crippen molar-refractivity contribution in [2.45, 2.75) is 0 Å². The fourth-order valence-corrected chi connectivity index (χ4v) is 1.36. The van der Waals surface area contributed by atoms with E-state index in [1.807, 2.05) is 0 Å². The third-order valence-corrected chi connectivity index (χ3v) is 2.11. The highest BCUT2D eigenvalue weighted by Gasteiger charge is 2.22. The Morgan fingerprint density at radius 3 is 2.79 bits per heavy atom. The molecule has 2 N–H and O–H groups in total. The Kier molecular flexibility index (Phi) is 1.64. The molecule has 1 aliphatic heterocycles. The lowest BCUT2D eigenvalue weighted by Crippen LogP contribution is -2.02. The molecule has 1 aromatic carbocycles. The first-order chi connectivity index (χ1) is 6.59. The van der Waals surface area contributed by atoms with Crippen LogP contribution in [0.5, 0.6) is 0 Å². The number of hydrogen-bond acceptors (Lipinski definition) is 2. The summed E-state index contributed by atoms with van der Waals surface area (Å²) < 4.78 is 0. The lowest BCUT2D eigenvalue weighted by atomic mass is 10.1. The summed E-state index contributed by atoms with van der Waals surface area (Å²) in [6.45, 7) is 3.57. The predicted molar refractivity (Wildman–Crippen MR) is 51.1 cm³/mol. The molecule has 0 aromatic heterocycles. The van der Waals surface area contributed by atoms with Gasteiger partial charge in [-0.15, -0.1) is 0 Å². The summed E-state index contributed by atoms with van der Waals surface area (Å²) in [5.41, 5.74) is 1.64. The van der Waals surface area contributed by atoms with Crippen LogP contribution < -0.4 is 5.32 Å². The standard InChI is InChI=1S/C10H7NO3/c1-5-7-4-6(10(13)14)2-3-8(7)11-9(5)12/h2-4H,1H2,(H,11,12)(H,13,14). The maximum atomic E-state index is 11.2. The Hall–Kier alpha value is -2.10. The third kappa shape index (κ3) is 1.08. The van der Waals surface area contributed by atoms with Gasteiger partial charge in [0.1, 0.15) is 0 Å². The van der Waals surface area contributed by atoms with Gasteiger partial charge in [-0.2, -0.15) is 0 Å². The van der Waals surface area contributed by atoms with Crippen molar-refractivity contribution >= 4 is 23.1 Å². The van der Waals surface area contributed by atoms with Crippen molar-refractivity contribution in [2.24, 2.45) is 0 Å². The van der Waals surface area contributed by atoms with Crippen molar-refractivity contribution in [1.82, 2.24) is 0 Å². The summed E-state index contributed by atoms with van der Waals surface area (Å²) in [6, 6.07) is 4.45. The van der Waals surface area contributed by atoms with Gasteiger partial charge in [0.25, 0.3) is 5.91 Å². The summed E-state index contributed by atoms with van der Waals surface area (Å²) in [4.78, 5) is 21.8. The highest BCUT2D eigenvalue weighted by atomic mass is 16.4. The highest BCUT2D eigenvalue weighted by Crippen LogP contribution is 2.30. The number of rotatable bonds is 1. The van der Waals surface area contributed by atoms with Crippen LogP contribution in [0.3, 0.4) is 0 Å². The Bertz CT molecular complexity index is 462. The van der Waals surface area contributed by atoms with Crippen LogP contribution >= 0.6 is 0 Å². The van der Waals surface area contributed by atoms with Gasteiger partial charge in [-0.25, -0.2) is 4.79 Å². The van der Waals surface area contributed by atoms with E-state index in [4.69, 9.17) is 5.11 Å². The topological polar surface area (TPSA) is 66.4 Å². The van der Waals surface area contributed by atoms with Crippen LogP contribution in [0.15, 0.2) is 24.8 Å². The van der Waals surface area contributed by atoms with Crippen molar-refractivity contribution in [3.63, 3.8) is 0 Å². The maximum absolute atomic E-state index is 11.2. The van der Waals surface area contributed by atoms with Gasteiger partial charge < -0.3 is 10.4 Å². The fourth-order valence-electron chi connectivity index (χ4n) is 1.36. The summed E-state index contributed by atoms with van der Waals surface area (Å²) in [7, 11) is 0. The van der Waals surface area contributed by atoms with Crippen LogP contribution in [-0.2, 0) is 4.79 Å². The van der Waals surface area contributed by atoms with Gasteiger partial charge in [-0.1, -0.05) is 6.58 Å². The number of benzene rings is 1. The van der Waals surface area contributed by atoms with E-state index in [2.05, 4.69) is 11.9 Å². The average Bonchev–Trinajstić information content (AvgIpc) is 2.43. The quantitative estimate of drug-likeness (QED) is 0.655. The van der Waals surface area contributed by atoms with E-state index in [0.717, 1.165) is 0 Å². The molecule has 0 unspecified atom stereocenters. The summed E-state index contributed by atoms with van der Waals surface area (Å²) in [5.74, 6) is -1.29. The molecule has 0 saturated heterocycles. The van der Waals surface area contributed by atoms with E-state index in [0.29, 0.717) is 16.8 Å². The van der Waals surface area contributed by atoms with Crippen molar-refractivity contribution in [2.75, 3.05) is 5.32 Å². The van der Waals surface area contributed by atoms with E-state index in [1.54, 1.807) is 6.07 Å². The normalized spacial score (nSPS) is 13.7. The molecular formula is C10H7NO3. The van der Waals surface area contributed by atoms with E-state index >= 15 is 0 Å². The molecule has 2 rings (SSSR count). The third-order valence-electron chi connectivity index (χ3n) is 2.11. The number of amides is 1. The number of carbonyl (C=O) groups is 2. The van der Waals surface area contributed by atoms with Gasteiger partial charge in [0.2, 0.25) is 0 Å². The molecule has 0 fully saturated rings. The lowest BCUT2D eigenvalue weighted by Gasteiger charge is -1.99. The van der Waals surface area contributed by atoms with Crippen LogP contribution in [0.2, 0.25) is 0 Å². The minimum Gasteiger partial charge on any atom is -0.478 e. The van der Waals surface area contributed by atoms with Gasteiger partial charge in [-0.05, 0) is 18.2 Å². The van der Waals surface area contributed by atoms with Gasteiger partial charge in [0.15, 0.2) is 0 Å². The zero-order valence-electron chi connectivity index (χ0n) is 7.20. The number of carboxylic acids is 1. The van der Waals surface area contributed by atoms with Crippen molar-refractivity contribution in [3.05, 3.63) is 35.9 Å². The van der Waals surface area contributed by atoms with Gasteiger partial charge in [0.05, 0.1) is 5.56 Å². The molecule has 0 spiro atoms. The van der Waals surface area contributed by atoms with Crippen molar-refractivity contribution in [1.29, 1.82) is 0 Å². The summed E-state index contributed by atoms with van der Waals surface area (Å²) in [5, 5.41) is 11.3. The van der Waals surface area contributed by atoms with Crippen molar-refractivity contribution in [3.8, 4) is 0 Å². The number of anilines is 1. The highest BCUT2D eigenvalue weighted by molar-refractivity contribution is 6.31. The number of nitrogens with one attached hydrogen (secondary N) is 1. The molecule has 1 aromatic rings. The van der Waals surface area contributed by atoms with Crippen LogP contribution in [0, 0.1) is 0 Å². The molecule has 0 saturated carbocycles. The van der Waals surface area contributed by atoms with Crippen molar-refractivity contribution < 1.29 is 14.7 Å². The zero-order valence-corrected chi connectivity index (χ0v) is 7.20. The molecule has 0 radical (unpaired) electrons. The molecule has 1 heterocycles. The summed E-state index contributed by atoms with van der Waals surface area (Å²) in [6.07, 6.45) is 0. The van der Waals surface area contributed by atoms with E-state index in [-0.39, 0.29) is 11.5 Å². The molecule has 1 amide bonds. The zero-order chi connectivity index (χ0) is 10.3. The minimum absolute atomic E-state index is 0.154. The molecule has 0 atom stereocenters. The second-order valence-corrected chi connectivity index (χ2v) is 3.00. The molecule has 70 valence electrons. The lowest BCUT2D eigenvalue weighted by molar-refractivity contribution is -0.110. The second kappa shape index (κ2) is 2.70. The Morgan fingerprint density at radius 2 is 2.14 bits per heavy atom. The predicted octanol–water partition coefficient (Wildman–Crippen LogP) is 1.35. The first-order valence-corrected chi connectivity index (χ1v) is 3.97. The Labute approximate surface area is 79.9 Å². The molecular weight excluding hydrogens is 182 g/mol. The van der Waals surface area contributed by atoms with E-state index in [1.165, 1.54) is 12.1 Å². The van der Waals surface area contributed by atoms with Crippen LogP contribution in [-0.4, -0.2) is 17.0 Å².